The van der Waals surface area contributed by atoms with Crippen molar-refractivity contribution in [2.75, 3.05) is 7.05 Å². The molecule has 96 valence electrons. The molecule has 0 bridgehead atoms. The Morgan fingerprint density at radius 3 is 2.31 bits per heavy atom. The summed E-state index contributed by atoms with van der Waals surface area (Å²) in [6.45, 7) is 4.56. The molecule has 1 unspecified atom stereocenters. The Bertz CT molecular complexity index is 168. The van der Waals surface area contributed by atoms with Gasteiger partial charge in [0.1, 0.15) is 0 Å². The fourth-order valence-corrected chi connectivity index (χ4v) is 1.98. The number of rotatable bonds is 10. The molecule has 1 N–H and O–H groups in total. The van der Waals surface area contributed by atoms with Crippen LogP contribution in [0.1, 0.15) is 71.6 Å². The number of hydrogen-bond donors (Lipinski definition) is 1. The van der Waals surface area contributed by atoms with Gasteiger partial charge in [-0.2, -0.15) is 0 Å². The van der Waals surface area contributed by atoms with Crippen molar-refractivity contribution in [1.82, 2.24) is 5.32 Å². The molecule has 0 aromatic heterocycles. The Kier molecular flexibility index (Phi) is 10.6. The summed E-state index contributed by atoms with van der Waals surface area (Å²) in [7, 11) is 1.71. The minimum absolute atomic E-state index is 0.176. The Morgan fingerprint density at radius 2 is 1.69 bits per heavy atom. The summed E-state index contributed by atoms with van der Waals surface area (Å²) < 4.78 is 0. The Morgan fingerprint density at radius 1 is 1.06 bits per heavy atom. The van der Waals surface area contributed by atoms with E-state index in [0.717, 1.165) is 12.3 Å². The second-order valence-corrected chi connectivity index (χ2v) is 4.87. The van der Waals surface area contributed by atoms with Crippen LogP contribution in [0.15, 0.2) is 0 Å². The van der Waals surface area contributed by atoms with Crippen LogP contribution in [-0.4, -0.2) is 13.0 Å². The van der Waals surface area contributed by atoms with Gasteiger partial charge in [0.2, 0.25) is 5.91 Å². The van der Waals surface area contributed by atoms with E-state index in [0.29, 0.717) is 6.42 Å². The number of amides is 1. The monoisotopic (exact) mass is 227 g/mol. The number of unbranched alkanes of at least 4 members (excludes halogenated alkanes) is 4. The van der Waals surface area contributed by atoms with Crippen LogP contribution in [0.2, 0.25) is 0 Å². The third-order valence-electron chi connectivity index (χ3n) is 3.18. The van der Waals surface area contributed by atoms with E-state index in [9.17, 15) is 4.79 Å². The minimum atomic E-state index is 0.176. The van der Waals surface area contributed by atoms with E-state index >= 15 is 0 Å². The van der Waals surface area contributed by atoms with Gasteiger partial charge in [-0.1, -0.05) is 58.8 Å². The lowest BCUT2D eigenvalue weighted by Crippen LogP contribution is -2.17. The molecule has 2 nitrogen and oxygen atoms in total. The molecule has 0 aliphatic carbocycles. The molecule has 0 saturated heterocycles. The third kappa shape index (κ3) is 10.0. The Balaban J connectivity index is 3.24. The van der Waals surface area contributed by atoms with Crippen LogP contribution < -0.4 is 5.32 Å². The van der Waals surface area contributed by atoms with Gasteiger partial charge in [-0.3, -0.25) is 4.79 Å². The molecule has 0 radical (unpaired) electrons. The molecule has 0 saturated carbocycles. The molecule has 0 heterocycles. The smallest absolute Gasteiger partial charge is 0.219 e. The van der Waals surface area contributed by atoms with Gasteiger partial charge in [0.05, 0.1) is 0 Å². The van der Waals surface area contributed by atoms with Gasteiger partial charge in [0, 0.05) is 13.5 Å². The topological polar surface area (TPSA) is 29.1 Å². The quantitative estimate of drug-likeness (QED) is 0.563. The van der Waals surface area contributed by atoms with Crippen molar-refractivity contribution in [3.05, 3.63) is 0 Å². The lowest BCUT2D eigenvalue weighted by Gasteiger charge is -2.10. The highest BCUT2D eigenvalue weighted by Crippen LogP contribution is 2.16. The zero-order chi connectivity index (χ0) is 12.2. The van der Waals surface area contributed by atoms with Crippen molar-refractivity contribution in [1.29, 1.82) is 0 Å². The predicted molar refractivity (Wildman–Crippen MR) is 70.5 cm³/mol. The van der Waals surface area contributed by atoms with Crippen LogP contribution in [0, 0.1) is 5.92 Å². The maximum absolute atomic E-state index is 11.0. The first-order chi connectivity index (χ1) is 7.70. The van der Waals surface area contributed by atoms with Crippen molar-refractivity contribution >= 4 is 5.91 Å². The second-order valence-electron chi connectivity index (χ2n) is 4.87. The van der Waals surface area contributed by atoms with Crippen molar-refractivity contribution in [2.24, 2.45) is 5.92 Å². The minimum Gasteiger partial charge on any atom is -0.359 e. The van der Waals surface area contributed by atoms with Gasteiger partial charge in [-0.15, -0.1) is 0 Å². The van der Waals surface area contributed by atoms with Crippen molar-refractivity contribution in [2.45, 2.75) is 71.6 Å². The molecule has 0 aromatic carbocycles. The zero-order valence-electron chi connectivity index (χ0n) is 11.3. The van der Waals surface area contributed by atoms with Crippen LogP contribution in [0.4, 0.5) is 0 Å². The molecule has 1 atom stereocenters. The van der Waals surface area contributed by atoms with Crippen molar-refractivity contribution in [3.63, 3.8) is 0 Å². The standard InChI is InChI=1S/C14H29NO/c1-4-5-6-7-8-10-13(2)11-9-12-14(16)15-3/h13H,4-12H2,1-3H3,(H,15,16). The van der Waals surface area contributed by atoms with Crippen LogP contribution in [0.5, 0.6) is 0 Å². The number of hydrogen-bond acceptors (Lipinski definition) is 1. The highest BCUT2D eigenvalue weighted by molar-refractivity contribution is 5.75. The molecule has 2 heteroatoms. The van der Waals surface area contributed by atoms with Gasteiger partial charge < -0.3 is 5.32 Å². The third-order valence-corrected chi connectivity index (χ3v) is 3.18. The lowest BCUT2D eigenvalue weighted by molar-refractivity contribution is -0.120. The van der Waals surface area contributed by atoms with E-state index in [1.165, 1.54) is 44.9 Å². The van der Waals surface area contributed by atoms with E-state index in [1.807, 2.05) is 0 Å². The summed E-state index contributed by atoms with van der Waals surface area (Å²) in [4.78, 5) is 11.0. The average molecular weight is 227 g/mol. The first-order valence-corrected chi connectivity index (χ1v) is 6.91. The molecule has 0 aliphatic rings. The normalized spacial score (nSPS) is 12.4. The molecule has 0 fully saturated rings. The molecule has 1 amide bonds. The predicted octanol–water partition coefficient (Wildman–Crippen LogP) is 3.90. The summed E-state index contributed by atoms with van der Waals surface area (Å²) in [5, 5.41) is 2.67. The summed E-state index contributed by atoms with van der Waals surface area (Å²) in [5.41, 5.74) is 0. The molecule has 0 aliphatic heterocycles. The van der Waals surface area contributed by atoms with Crippen LogP contribution >= 0.6 is 0 Å². The summed E-state index contributed by atoms with van der Waals surface area (Å²) in [6.07, 6.45) is 11.1. The number of carbonyl (C=O) groups excluding carboxylic acids is 1. The van der Waals surface area contributed by atoms with E-state index in [4.69, 9.17) is 0 Å². The molecule has 0 rings (SSSR count). The van der Waals surface area contributed by atoms with Crippen LogP contribution in [-0.2, 0) is 4.79 Å². The number of carbonyl (C=O) groups is 1. The van der Waals surface area contributed by atoms with E-state index in [-0.39, 0.29) is 5.91 Å². The molecular formula is C14H29NO. The van der Waals surface area contributed by atoms with Gasteiger partial charge >= 0.3 is 0 Å². The number of nitrogens with one attached hydrogen (secondary N) is 1. The van der Waals surface area contributed by atoms with Crippen molar-refractivity contribution in [3.8, 4) is 0 Å². The maximum atomic E-state index is 11.0. The highest BCUT2D eigenvalue weighted by atomic mass is 16.1. The average Bonchev–Trinajstić information content (AvgIpc) is 2.28. The molecular weight excluding hydrogens is 198 g/mol. The fourth-order valence-electron chi connectivity index (χ4n) is 1.98. The van der Waals surface area contributed by atoms with Gasteiger partial charge in [0.15, 0.2) is 0 Å². The van der Waals surface area contributed by atoms with Crippen LogP contribution in [0.25, 0.3) is 0 Å². The summed E-state index contributed by atoms with van der Waals surface area (Å²) in [6, 6.07) is 0. The summed E-state index contributed by atoms with van der Waals surface area (Å²) in [5.74, 6) is 0.960. The largest absolute Gasteiger partial charge is 0.359 e. The van der Waals surface area contributed by atoms with Gasteiger partial charge in [0.25, 0.3) is 0 Å². The lowest BCUT2D eigenvalue weighted by atomic mass is 9.97. The maximum Gasteiger partial charge on any atom is 0.219 e. The first-order valence-electron chi connectivity index (χ1n) is 6.91. The highest BCUT2D eigenvalue weighted by Gasteiger charge is 2.04. The van der Waals surface area contributed by atoms with Gasteiger partial charge in [-0.05, 0) is 12.3 Å². The Labute approximate surface area is 101 Å². The van der Waals surface area contributed by atoms with E-state index in [2.05, 4.69) is 19.2 Å². The molecule has 0 aromatic rings. The molecule has 16 heavy (non-hydrogen) atoms. The molecule has 0 spiro atoms. The van der Waals surface area contributed by atoms with Gasteiger partial charge in [-0.25, -0.2) is 0 Å². The Hall–Kier alpha value is -0.530. The van der Waals surface area contributed by atoms with Crippen molar-refractivity contribution < 1.29 is 4.79 Å². The zero-order valence-corrected chi connectivity index (χ0v) is 11.3. The second kappa shape index (κ2) is 11.0. The van der Waals surface area contributed by atoms with Crippen LogP contribution in [0.3, 0.4) is 0 Å². The summed E-state index contributed by atoms with van der Waals surface area (Å²) >= 11 is 0. The SMILES string of the molecule is CCCCCCCC(C)CCCC(=O)NC. The fraction of sp³-hybridized carbons (Fsp3) is 0.929. The van der Waals surface area contributed by atoms with E-state index in [1.54, 1.807) is 7.05 Å². The first kappa shape index (κ1) is 15.5. The van der Waals surface area contributed by atoms with E-state index < -0.39 is 0 Å².